The van der Waals surface area contributed by atoms with Crippen LogP contribution in [-0.2, 0) is 14.3 Å². The molecule has 0 radical (unpaired) electrons. The molecule has 3 N–H and O–H groups in total. The van der Waals surface area contributed by atoms with Gasteiger partial charge in [-0.2, -0.15) is 0 Å². The van der Waals surface area contributed by atoms with E-state index in [4.69, 9.17) is 4.74 Å². The number of hydrogen-bond acceptors (Lipinski definition) is 5. The molecule has 0 aliphatic heterocycles. The number of carbonyl (C=O) groups is 2. The van der Waals surface area contributed by atoms with Crippen LogP contribution in [0, 0.1) is 0 Å². The zero-order chi connectivity index (χ0) is 55.7. The van der Waals surface area contributed by atoms with Crippen molar-refractivity contribution in [2.75, 3.05) is 13.2 Å². The van der Waals surface area contributed by atoms with E-state index in [1.807, 2.05) is 0 Å². The molecule has 6 nitrogen and oxygen atoms in total. The van der Waals surface area contributed by atoms with Gasteiger partial charge in [-0.1, -0.05) is 380 Å². The highest BCUT2D eigenvalue weighted by molar-refractivity contribution is 5.76. The molecule has 0 aromatic rings. The molecule has 0 saturated heterocycles. The Kier molecular flexibility index (Phi) is 66.4. The van der Waals surface area contributed by atoms with Crippen molar-refractivity contribution in [3.05, 3.63) is 0 Å². The summed E-state index contributed by atoms with van der Waals surface area (Å²) >= 11 is 0. The zero-order valence-electron chi connectivity index (χ0n) is 52.7. The molecular formula is C71H141NO5. The first-order valence-electron chi connectivity index (χ1n) is 35.8. The molecule has 0 bridgehead atoms. The van der Waals surface area contributed by atoms with E-state index in [-0.39, 0.29) is 18.5 Å². The molecule has 0 saturated carbocycles. The van der Waals surface area contributed by atoms with E-state index < -0.39 is 12.1 Å². The minimum absolute atomic E-state index is 0.0172. The van der Waals surface area contributed by atoms with Crippen molar-refractivity contribution in [2.24, 2.45) is 0 Å². The first-order chi connectivity index (χ1) is 38.0. The Morgan fingerprint density at radius 2 is 0.532 bits per heavy atom. The molecule has 0 aromatic heterocycles. The highest BCUT2D eigenvalue weighted by atomic mass is 16.5. The topological polar surface area (TPSA) is 95.9 Å². The fourth-order valence-electron chi connectivity index (χ4n) is 11.7. The van der Waals surface area contributed by atoms with Gasteiger partial charge in [-0.25, -0.2) is 0 Å². The van der Waals surface area contributed by atoms with Crippen molar-refractivity contribution in [1.29, 1.82) is 0 Å². The first-order valence-corrected chi connectivity index (χ1v) is 35.8. The molecule has 1 amide bonds. The van der Waals surface area contributed by atoms with Crippen molar-refractivity contribution in [3.8, 4) is 0 Å². The summed E-state index contributed by atoms with van der Waals surface area (Å²) < 4.78 is 5.50. The van der Waals surface area contributed by atoms with Crippen LogP contribution in [-0.4, -0.2) is 47.4 Å². The summed E-state index contributed by atoms with van der Waals surface area (Å²) in [7, 11) is 0. The second-order valence-electron chi connectivity index (χ2n) is 24.9. The maximum atomic E-state index is 12.6. The van der Waals surface area contributed by atoms with Crippen LogP contribution in [0.4, 0.5) is 0 Å². The van der Waals surface area contributed by atoms with Gasteiger partial charge in [-0.15, -0.1) is 0 Å². The van der Waals surface area contributed by atoms with Crippen LogP contribution in [0.3, 0.4) is 0 Å². The van der Waals surface area contributed by atoms with E-state index >= 15 is 0 Å². The van der Waals surface area contributed by atoms with Gasteiger partial charge in [0.05, 0.1) is 25.4 Å². The minimum Gasteiger partial charge on any atom is -0.466 e. The standard InChI is InChI=1S/C71H141NO5/c1-3-5-7-9-11-13-15-17-19-21-22-23-24-26-29-32-35-39-43-47-51-55-59-63-69(74)68(67-73)72-70(75)64-60-56-52-48-44-40-36-33-30-27-25-28-31-34-38-42-46-50-54-58-62-66-77-71(76)65-61-57-53-49-45-41-37-20-18-16-14-12-10-8-6-4-2/h68-69,73-74H,3-67H2,1-2H3,(H,72,75). The van der Waals surface area contributed by atoms with E-state index in [1.54, 1.807) is 0 Å². The van der Waals surface area contributed by atoms with E-state index in [0.717, 1.165) is 38.5 Å². The minimum atomic E-state index is -0.665. The van der Waals surface area contributed by atoms with E-state index in [1.165, 1.54) is 347 Å². The monoisotopic (exact) mass is 1090 g/mol. The van der Waals surface area contributed by atoms with Crippen molar-refractivity contribution in [1.82, 2.24) is 5.32 Å². The molecule has 0 aliphatic rings. The summed E-state index contributed by atoms with van der Waals surface area (Å²) in [5.74, 6) is -0.0128. The molecule has 6 heteroatoms. The van der Waals surface area contributed by atoms with Crippen molar-refractivity contribution in [2.45, 2.75) is 431 Å². The lowest BCUT2D eigenvalue weighted by Gasteiger charge is -2.22. The van der Waals surface area contributed by atoms with Crippen LogP contribution in [0.2, 0.25) is 0 Å². The van der Waals surface area contributed by atoms with Gasteiger partial charge in [0.2, 0.25) is 5.91 Å². The number of esters is 1. The molecule has 77 heavy (non-hydrogen) atoms. The predicted molar refractivity (Wildman–Crippen MR) is 338 cm³/mol. The number of carbonyl (C=O) groups excluding carboxylic acids is 2. The van der Waals surface area contributed by atoms with Gasteiger partial charge in [0, 0.05) is 12.8 Å². The third-order valence-electron chi connectivity index (χ3n) is 17.2. The average molecular weight is 1090 g/mol. The molecule has 0 fully saturated rings. The predicted octanol–water partition coefficient (Wildman–Crippen LogP) is 23.0. The maximum absolute atomic E-state index is 12.6. The van der Waals surface area contributed by atoms with E-state index in [0.29, 0.717) is 25.9 Å². The number of rotatable bonds is 68. The van der Waals surface area contributed by atoms with Crippen LogP contribution >= 0.6 is 0 Å². The number of ether oxygens (including phenoxy) is 1. The van der Waals surface area contributed by atoms with Gasteiger partial charge in [-0.05, 0) is 25.7 Å². The van der Waals surface area contributed by atoms with Crippen LogP contribution in [0.25, 0.3) is 0 Å². The third-order valence-corrected chi connectivity index (χ3v) is 17.2. The SMILES string of the molecule is CCCCCCCCCCCCCCCCCCCCCCCCCC(O)C(CO)NC(=O)CCCCCCCCCCCCCCCCCCCCCCCOC(=O)CCCCCCCCCCCCCCCCCC. The molecule has 0 heterocycles. The smallest absolute Gasteiger partial charge is 0.305 e. The molecule has 460 valence electrons. The third kappa shape index (κ3) is 63.9. The fraction of sp³-hybridized carbons (Fsp3) is 0.972. The van der Waals surface area contributed by atoms with Gasteiger partial charge in [-0.3, -0.25) is 9.59 Å². The fourth-order valence-corrected chi connectivity index (χ4v) is 11.7. The molecule has 2 atom stereocenters. The summed E-state index contributed by atoms with van der Waals surface area (Å²) in [4.78, 5) is 24.6. The van der Waals surface area contributed by atoms with E-state index in [2.05, 4.69) is 19.2 Å². The van der Waals surface area contributed by atoms with Crippen LogP contribution in [0.15, 0.2) is 0 Å². The molecule has 0 rings (SSSR count). The normalized spacial score (nSPS) is 12.4. The van der Waals surface area contributed by atoms with Gasteiger partial charge in [0.1, 0.15) is 0 Å². The molecule has 0 spiro atoms. The number of unbranched alkanes of at least 4 members (excludes halogenated alkanes) is 57. The Labute approximate surface area is 483 Å². The Morgan fingerprint density at radius 3 is 0.792 bits per heavy atom. The Bertz CT molecular complexity index is 1120. The van der Waals surface area contributed by atoms with Gasteiger partial charge < -0.3 is 20.3 Å². The summed E-state index contributed by atoms with van der Waals surface area (Å²) in [5, 5.41) is 23.4. The Hall–Kier alpha value is -1.14. The van der Waals surface area contributed by atoms with Crippen molar-refractivity contribution in [3.63, 3.8) is 0 Å². The second-order valence-corrected chi connectivity index (χ2v) is 24.9. The number of aliphatic hydroxyl groups is 2. The van der Waals surface area contributed by atoms with Crippen LogP contribution < -0.4 is 5.32 Å². The highest BCUT2D eigenvalue weighted by Gasteiger charge is 2.20. The number of nitrogens with one attached hydrogen (secondary N) is 1. The summed E-state index contributed by atoms with van der Waals surface area (Å²) in [6, 6.07) is -0.542. The highest BCUT2D eigenvalue weighted by Crippen LogP contribution is 2.20. The quantitative estimate of drug-likeness (QED) is 0.0417. The first kappa shape index (κ1) is 75.9. The second kappa shape index (κ2) is 67.4. The number of hydrogen-bond donors (Lipinski definition) is 3. The van der Waals surface area contributed by atoms with Gasteiger partial charge in [0.15, 0.2) is 0 Å². The lowest BCUT2D eigenvalue weighted by Crippen LogP contribution is -2.45. The lowest BCUT2D eigenvalue weighted by atomic mass is 10.0. The van der Waals surface area contributed by atoms with Crippen molar-refractivity contribution >= 4 is 11.9 Å². The molecule has 0 aromatic carbocycles. The lowest BCUT2D eigenvalue weighted by molar-refractivity contribution is -0.143. The molecule has 0 aliphatic carbocycles. The van der Waals surface area contributed by atoms with Crippen LogP contribution in [0.1, 0.15) is 418 Å². The number of aliphatic hydroxyl groups excluding tert-OH is 2. The van der Waals surface area contributed by atoms with Crippen LogP contribution in [0.5, 0.6) is 0 Å². The Balaban J connectivity index is 3.36. The van der Waals surface area contributed by atoms with E-state index in [9.17, 15) is 19.8 Å². The van der Waals surface area contributed by atoms with Gasteiger partial charge >= 0.3 is 5.97 Å². The maximum Gasteiger partial charge on any atom is 0.305 e. The largest absolute Gasteiger partial charge is 0.466 e. The Morgan fingerprint density at radius 1 is 0.312 bits per heavy atom. The zero-order valence-corrected chi connectivity index (χ0v) is 52.7. The van der Waals surface area contributed by atoms with Crippen molar-refractivity contribution < 1.29 is 24.5 Å². The number of amides is 1. The summed E-state index contributed by atoms with van der Waals surface area (Å²) in [6.45, 7) is 5.01. The summed E-state index contributed by atoms with van der Waals surface area (Å²) in [6.07, 6.45) is 81.5. The molecule has 2 unspecified atom stereocenters. The average Bonchev–Trinajstić information content (AvgIpc) is 3.43. The molecular weight excluding hydrogens is 947 g/mol. The van der Waals surface area contributed by atoms with Gasteiger partial charge in [0.25, 0.3) is 0 Å². The summed E-state index contributed by atoms with van der Waals surface area (Å²) in [5.41, 5.74) is 0.